The highest BCUT2D eigenvalue weighted by atomic mass is 35.5. The number of phenols is 1. The summed E-state index contributed by atoms with van der Waals surface area (Å²) in [5.74, 6) is -1.54. The molecule has 2 aliphatic rings. The number of aromatic hydroxyl groups is 1. The number of carbonyl (C=O) groups excluding carboxylic acids is 2. The summed E-state index contributed by atoms with van der Waals surface area (Å²) in [6.45, 7) is 6.03. The fourth-order valence-electron chi connectivity index (χ4n) is 3.29. The van der Waals surface area contributed by atoms with Gasteiger partial charge in [-0.2, -0.15) is 0 Å². The van der Waals surface area contributed by atoms with E-state index in [1.54, 1.807) is 13.8 Å². The van der Waals surface area contributed by atoms with Crippen molar-refractivity contribution >= 4 is 23.4 Å². The van der Waals surface area contributed by atoms with Crippen LogP contribution < -0.4 is 4.74 Å². The third-order valence-corrected chi connectivity index (χ3v) is 5.67. The maximum absolute atomic E-state index is 12.7. The van der Waals surface area contributed by atoms with E-state index in [0.29, 0.717) is 0 Å². The Balaban J connectivity index is 2.32. The number of carbonyl (C=O) groups is 2. The van der Waals surface area contributed by atoms with Crippen LogP contribution in [0.3, 0.4) is 0 Å². The minimum atomic E-state index is -1.51. The van der Waals surface area contributed by atoms with Crippen molar-refractivity contribution in [3.8, 4) is 11.5 Å². The Morgan fingerprint density at radius 3 is 2.38 bits per heavy atom. The van der Waals surface area contributed by atoms with Gasteiger partial charge in [0.2, 0.25) is 0 Å². The number of halogens is 1. The van der Waals surface area contributed by atoms with Crippen LogP contribution in [0.1, 0.15) is 35.3 Å². The number of aliphatic hydroxyl groups is 1. The van der Waals surface area contributed by atoms with E-state index in [4.69, 9.17) is 25.8 Å². The van der Waals surface area contributed by atoms with Gasteiger partial charge in [-0.15, -0.1) is 0 Å². The number of ether oxygens (including phenoxy) is 3. The zero-order chi connectivity index (χ0) is 19.5. The van der Waals surface area contributed by atoms with Crippen LogP contribution in [-0.2, 0) is 14.3 Å². The molecular weight excluding hydrogens is 364 g/mol. The number of rotatable bonds is 1. The Morgan fingerprint density at radius 2 is 1.81 bits per heavy atom. The van der Waals surface area contributed by atoms with Gasteiger partial charge in [0.25, 0.3) is 0 Å². The van der Waals surface area contributed by atoms with Gasteiger partial charge in [0, 0.05) is 18.2 Å². The second-order valence-electron chi connectivity index (χ2n) is 6.65. The highest BCUT2D eigenvalue weighted by Crippen LogP contribution is 2.46. The summed E-state index contributed by atoms with van der Waals surface area (Å²) in [4.78, 5) is 25.1. The van der Waals surface area contributed by atoms with Crippen molar-refractivity contribution in [2.24, 2.45) is 0 Å². The quantitative estimate of drug-likeness (QED) is 0.718. The molecule has 0 aromatic heterocycles. The minimum Gasteiger partial charge on any atom is -0.506 e. The van der Waals surface area contributed by atoms with Crippen LogP contribution in [-0.4, -0.2) is 46.9 Å². The highest BCUT2D eigenvalue weighted by Gasteiger charge is 2.56. The van der Waals surface area contributed by atoms with Crippen molar-refractivity contribution in [3.63, 3.8) is 0 Å². The van der Waals surface area contributed by atoms with Crippen molar-refractivity contribution in [1.29, 1.82) is 0 Å². The van der Waals surface area contributed by atoms with Crippen LogP contribution >= 0.6 is 11.6 Å². The summed E-state index contributed by atoms with van der Waals surface area (Å²) < 4.78 is 16.9. The monoisotopic (exact) mass is 382 g/mol. The molecule has 1 heterocycles. The number of hydrogen-bond donors (Lipinski definition) is 2. The lowest BCUT2D eigenvalue weighted by Crippen LogP contribution is -2.60. The zero-order valence-electron chi connectivity index (χ0n) is 15.0. The van der Waals surface area contributed by atoms with Crippen molar-refractivity contribution in [2.75, 3.05) is 7.11 Å². The number of esters is 1. The molecule has 0 saturated heterocycles. The first kappa shape index (κ1) is 18.7. The molecule has 1 aliphatic heterocycles. The number of phenolic OH excluding ortho intramolecular Hbond substituents is 1. The molecule has 0 radical (unpaired) electrons. The molecule has 0 saturated carbocycles. The van der Waals surface area contributed by atoms with E-state index in [1.165, 1.54) is 21.0 Å². The molecule has 1 aliphatic carbocycles. The molecular formula is C18H19ClO7. The molecule has 140 valence electrons. The van der Waals surface area contributed by atoms with Gasteiger partial charge in [0.1, 0.15) is 28.8 Å². The number of benzene rings is 1. The summed E-state index contributed by atoms with van der Waals surface area (Å²) in [7, 11) is 1.32. The van der Waals surface area contributed by atoms with Crippen molar-refractivity contribution < 1.29 is 34.0 Å². The number of aliphatic hydroxyl groups excluding tert-OH is 1. The first-order valence-corrected chi connectivity index (χ1v) is 8.32. The molecule has 26 heavy (non-hydrogen) atoms. The van der Waals surface area contributed by atoms with Crippen LogP contribution in [0.5, 0.6) is 11.5 Å². The standard InChI is InChI=1S/C18H19ClO7/c1-6-9-13(7(2)11(20)10(6)19)25-16-14(26-17(9)23)8(3)12(21)15(22)18(16,4)24-5/h15-16,20,22H,1-5H3/t15-,16+,18+/m1/s1. The Labute approximate surface area is 155 Å². The van der Waals surface area contributed by atoms with Gasteiger partial charge in [0.05, 0.1) is 5.02 Å². The van der Waals surface area contributed by atoms with E-state index in [0.717, 1.165) is 0 Å². The molecule has 0 amide bonds. The topological polar surface area (TPSA) is 102 Å². The van der Waals surface area contributed by atoms with Gasteiger partial charge < -0.3 is 24.4 Å². The first-order valence-electron chi connectivity index (χ1n) is 7.94. The van der Waals surface area contributed by atoms with E-state index >= 15 is 0 Å². The van der Waals surface area contributed by atoms with Crippen LogP contribution in [0.15, 0.2) is 11.3 Å². The summed E-state index contributed by atoms with van der Waals surface area (Å²) in [5, 5.41) is 20.7. The van der Waals surface area contributed by atoms with Crippen LogP contribution in [0.2, 0.25) is 5.02 Å². The summed E-state index contributed by atoms with van der Waals surface area (Å²) >= 11 is 6.11. The normalized spacial score (nSPS) is 28.1. The Bertz CT molecular complexity index is 873. The van der Waals surface area contributed by atoms with Crippen molar-refractivity contribution in [2.45, 2.75) is 45.5 Å². The molecule has 2 N–H and O–H groups in total. The lowest BCUT2D eigenvalue weighted by atomic mass is 9.79. The van der Waals surface area contributed by atoms with Gasteiger partial charge >= 0.3 is 5.97 Å². The highest BCUT2D eigenvalue weighted by molar-refractivity contribution is 6.33. The van der Waals surface area contributed by atoms with Gasteiger partial charge in [-0.05, 0) is 33.3 Å². The average molecular weight is 383 g/mol. The fourth-order valence-corrected chi connectivity index (χ4v) is 3.52. The molecule has 0 unspecified atom stereocenters. The third kappa shape index (κ3) is 2.27. The van der Waals surface area contributed by atoms with Crippen LogP contribution in [0.4, 0.5) is 0 Å². The molecule has 1 aromatic rings. The number of Topliss-reactive ketones (excluding diaryl/α,β-unsaturated/α-hetero) is 1. The summed E-state index contributed by atoms with van der Waals surface area (Å²) in [6.07, 6.45) is -2.59. The molecule has 3 rings (SSSR count). The van der Waals surface area contributed by atoms with E-state index in [1.807, 2.05) is 0 Å². The number of ketones is 1. The molecule has 0 fully saturated rings. The number of hydrogen-bond acceptors (Lipinski definition) is 7. The molecule has 7 nitrogen and oxygen atoms in total. The fraction of sp³-hybridized carbons (Fsp3) is 0.444. The van der Waals surface area contributed by atoms with E-state index in [2.05, 4.69) is 0 Å². The molecule has 0 spiro atoms. The smallest absolute Gasteiger partial charge is 0.347 e. The predicted molar refractivity (Wildman–Crippen MR) is 91.6 cm³/mol. The van der Waals surface area contributed by atoms with Crippen LogP contribution in [0.25, 0.3) is 0 Å². The van der Waals surface area contributed by atoms with Crippen molar-refractivity contribution in [1.82, 2.24) is 0 Å². The molecule has 1 aromatic carbocycles. The second-order valence-corrected chi connectivity index (χ2v) is 7.03. The van der Waals surface area contributed by atoms with E-state index in [9.17, 15) is 19.8 Å². The average Bonchev–Trinajstić information content (AvgIpc) is 2.78. The van der Waals surface area contributed by atoms with E-state index < -0.39 is 29.6 Å². The maximum atomic E-state index is 12.7. The lowest BCUT2D eigenvalue weighted by Gasteiger charge is -2.42. The van der Waals surface area contributed by atoms with Gasteiger partial charge in [-0.1, -0.05) is 11.6 Å². The van der Waals surface area contributed by atoms with Crippen molar-refractivity contribution in [3.05, 3.63) is 33.0 Å². The van der Waals surface area contributed by atoms with E-state index in [-0.39, 0.29) is 44.5 Å². The maximum Gasteiger partial charge on any atom is 0.347 e. The van der Waals surface area contributed by atoms with Gasteiger partial charge in [-0.3, -0.25) is 4.79 Å². The zero-order valence-corrected chi connectivity index (χ0v) is 15.7. The SMILES string of the molecule is CO[C@@]1(C)[C@H](O)C(=O)C(C)=C2OC(=O)c3c(C)c(Cl)c(O)c(C)c3O[C@@H]21. The van der Waals surface area contributed by atoms with Gasteiger partial charge in [0.15, 0.2) is 17.6 Å². The van der Waals surface area contributed by atoms with Gasteiger partial charge in [-0.25, -0.2) is 4.79 Å². The molecule has 8 heteroatoms. The predicted octanol–water partition coefficient (Wildman–Crippen LogP) is 2.20. The first-order chi connectivity index (χ1) is 12.1. The second kappa shape index (κ2) is 5.97. The lowest BCUT2D eigenvalue weighted by molar-refractivity contribution is -0.166. The third-order valence-electron chi connectivity index (χ3n) is 5.21. The number of methoxy groups -OCH3 is 1. The molecule has 0 bridgehead atoms. The summed E-state index contributed by atoms with van der Waals surface area (Å²) in [5.41, 5.74) is -0.832. The Kier molecular flexibility index (Phi) is 4.29. The Morgan fingerprint density at radius 1 is 1.19 bits per heavy atom. The van der Waals surface area contributed by atoms with Crippen LogP contribution in [0, 0.1) is 13.8 Å². The largest absolute Gasteiger partial charge is 0.506 e. The molecule has 3 atom stereocenters. The minimum absolute atomic E-state index is 0.0167. The Hall–Kier alpha value is -2.09. The summed E-state index contributed by atoms with van der Waals surface area (Å²) in [6, 6.07) is 0. The number of fused-ring (bicyclic) bond motifs is 2.